The molecule has 0 aromatic carbocycles. The Morgan fingerprint density at radius 1 is 1.83 bits per heavy atom. The van der Waals surface area contributed by atoms with Gasteiger partial charge in [0.2, 0.25) is 0 Å². The summed E-state index contributed by atoms with van der Waals surface area (Å²) in [5.41, 5.74) is -0.833. The fourth-order valence-corrected chi connectivity index (χ4v) is 0.840. The fourth-order valence-electron chi connectivity index (χ4n) is 0.785. The molecule has 0 amide bonds. The van der Waals surface area contributed by atoms with Crippen molar-refractivity contribution in [1.29, 1.82) is 0 Å². The normalized spacial score (nSPS) is 9.83. The van der Waals surface area contributed by atoms with E-state index in [9.17, 15) is 4.79 Å². The quantitative estimate of drug-likeness (QED) is 0.670. The second-order valence-corrected chi connectivity index (χ2v) is 2.33. The first kappa shape index (κ1) is 8.99. The third-order valence-electron chi connectivity index (χ3n) is 1.31. The molecule has 0 fully saturated rings. The summed E-state index contributed by atoms with van der Waals surface area (Å²) >= 11 is 4.97. The summed E-state index contributed by atoms with van der Waals surface area (Å²) in [5.74, 6) is 0.589. The Hall–Kier alpha value is -1.10. The van der Waals surface area contributed by atoms with Crippen LogP contribution in [0, 0.1) is 0 Å². The van der Waals surface area contributed by atoms with Gasteiger partial charge in [-0.2, -0.15) is 5.10 Å². The van der Waals surface area contributed by atoms with Crippen LogP contribution in [-0.2, 0) is 17.9 Å². The summed E-state index contributed by atoms with van der Waals surface area (Å²) in [6.07, 6.45) is 1.40. The van der Waals surface area contributed by atoms with E-state index in [0.717, 1.165) is 0 Å². The van der Waals surface area contributed by atoms with E-state index < -0.39 is 5.43 Å². The second-order valence-electron chi connectivity index (χ2n) is 2.02. The molecule has 0 unspecified atom stereocenters. The van der Waals surface area contributed by atoms with Gasteiger partial charge in [0, 0.05) is 18.1 Å². The van der Waals surface area contributed by atoms with Gasteiger partial charge in [-0.3, -0.25) is 0 Å². The molecule has 5 nitrogen and oxygen atoms in total. The molecule has 12 heavy (non-hydrogen) atoms. The highest BCUT2D eigenvalue weighted by Crippen LogP contribution is 1.98. The van der Waals surface area contributed by atoms with E-state index in [-0.39, 0.29) is 6.61 Å². The summed E-state index contributed by atoms with van der Waals surface area (Å²) < 4.78 is 6.16. The Bertz CT molecular complexity index is 274. The lowest BCUT2D eigenvalue weighted by atomic mass is 10.6. The number of halogens is 1. The van der Waals surface area contributed by atoms with E-state index in [1.54, 1.807) is 4.68 Å². The van der Waals surface area contributed by atoms with Gasteiger partial charge in [0.15, 0.2) is 12.4 Å². The van der Waals surface area contributed by atoms with Crippen molar-refractivity contribution in [3.05, 3.63) is 12.2 Å². The molecule has 1 aromatic rings. The van der Waals surface area contributed by atoms with Crippen molar-refractivity contribution < 1.29 is 9.53 Å². The van der Waals surface area contributed by atoms with Gasteiger partial charge in [-0.25, -0.2) is 14.5 Å². The zero-order chi connectivity index (χ0) is 8.97. The number of ether oxygens (including phenoxy) is 1. The third kappa shape index (κ3) is 2.20. The second kappa shape index (κ2) is 4.06. The van der Waals surface area contributed by atoms with Gasteiger partial charge in [0.1, 0.15) is 6.33 Å². The third-order valence-corrected chi connectivity index (χ3v) is 1.42. The lowest BCUT2D eigenvalue weighted by Gasteiger charge is -2.01. The first-order chi connectivity index (χ1) is 5.74. The van der Waals surface area contributed by atoms with Crippen LogP contribution < -0.4 is 0 Å². The molecule has 0 saturated heterocycles. The van der Waals surface area contributed by atoms with Gasteiger partial charge in [0.05, 0.1) is 0 Å². The Kier molecular flexibility index (Phi) is 3.04. The number of hydrogen-bond acceptors (Lipinski definition) is 4. The highest BCUT2D eigenvalue weighted by Gasteiger charge is 2.04. The van der Waals surface area contributed by atoms with Crippen molar-refractivity contribution in [3.63, 3.8) is 0 Å². The molecule has 1 rings (SSSR count). The number of aryl methyl sites for hydroxylation is 1. The molecule has 1 heterocycles. The van der Waals surface area contributed by atoms with Crippen LogP contribution in [0.3, 0.4) is 0 Å². The molecule has 0 aliphatic carbocycles. The first-order valence-electron chi connectivity index (χ1n) is 3.43. The van der Waals surface area contributed by atoms with E-state index in [4.69, 9.17) is 11.6 Å². The maximum Gasteiger partial charge on any atom is 0.404 e. The van der Waals surface area contributed by atoms with Gasteiger partial charge in [-0.1, -0.05) is 0 Å². The molecule has 66 valence electrons. The molecule has 6 heteroatoms. The lowest BCUT2D eigenvalue weighted by molar-refractivity contribution is 0.162. The summed E-state index contributed by atoms with van der Waals surface area (Å²) in [5, 5.41) is 3.88. The van der Waals surface area contributed by atoms with Crippen molar-refractivity contribution in [3.8, 4) is 0 Å². The molecular weight excluding hydrogens is 182 g/mol. The predicted molar refractivity (Wildman–Crippen MR) is 41.7 cm³/mol. The van der Waals surface area contributed by atoms with Crippen molar-refractivity contribution in [2.24, 2.45) is 0 Å². The van der Waals surface area contributed by atoms with E-state index in [2.05, 4.69) is 14.8 Å². The molecule has 0 radical (unpaired) electrons. The van der Waals surface area contributed by atoms with Crippen LogP contribution in [0.4, 0.5) is 4.79 Å². The van der Waals surface area contributed by atoms with Crippen molar-refractivity contribution in [2.45, 2.75) is 20.1 Å². The minimum Gasteiger partial charge on any atom is -0.445 e. The Morgan fingerprint density at radius 3 is 3.17 bits per heavy atom. The monoisotopic (exact) mass is 189 g/mol. The summed E-state index contributed by atoms with van der Waals surface area (Å²) in [7, 11) is 0. The molecule has 0 spiro atoms. The minimum atomic E-state index is -0.833. The molecule has 0 saturated carbocycles. The highest BCUT2D eigenvalue weighted by atomic mass is 35.5. The van der Waals surface area contributed by atoms with E-state index in [1.165, 1.54) is 6.33 Å². The van der Waals surface area contributed by atoms with Crippen LogP contribution in [0.2, 0.25) is 0 Å². The van der Waals surface area contributed by atoms with Crippen LogP contribution in [0.5, 0.6) is 0 Å². The number of carbonyl (C=O) groups is 1. The summed E-state index contributed by atoms with van der Waals surface area (Å²) in [4.78, 5) is 14.1. The van der Waals surface area contributed by atoms with Crippen LogP contribution in [0.25, 0.3) is 0 Å². The molecular formula is C6H8ClN3O2. The van der Waals surface area contributed by atoms with Gasteiger partial charge in [-0.05, 0) is 6.92 Å². The van der Waals surface area contributed by atoms with Crippen LogP contribution in [0.15, 0.2) is 6.33 Å². The largest absolute Gasteiger partial charge is 0.445 e. The zero-order valence-corrected chi connectivity index (χ0v) is 7.28. The summed E-state index contributed by atoms with van der Waals surface area (Å²) in [6.45, 7) is 2.67. The van der Waals surface area contributed by atoms with Crippen molar-refractivity contribution in [1.82, 2.24) is 14.8 Å². The lowest BCUT2D eigenvalue weighted by Crippen LogP contribution is -2.06. The van der Waals surface area contributed by atoms with E-state index >= 15 is 0 Å². The average molecular weight is 190 g/mol. The molecule has 0 aliphatic heterocycles. The number of carbonyl (C=O) groups excluding carboxylic acids is 1. The number of hydrogen-bond donors (Lipinski definition) is 0. The number of aromatic nitrogens is 3. The van der Waals surface area contributed by atoms with Crippen LogP contribution in [-0.4, -0.2) is 20.2 Å². The fraction of sp³-hybridized carbons (Fsp3) is 0.500. The van der Waals surface area contributed by atoms with Gasteiger partial charge in [-0.15, -0.1) is 0 Å². The topological polar surface area (TPSA) is 57.0 Å². The van der Waals surface area contributed by atoms with E-state index in [1.807, 2.05) is 6.92 Å². The predicted octanol–water partition coefficient (Wildman–Crippen LogP) is 1.17. The smallest absolute Gasteiger partial charge is 0.404 e. The highest BCUT2D eigenvalue weighted by molar-refractivity contribution is 6.61. The molecule has 1 aromatic heterocycles. The molecule has 0 N–H and O–H groups in total. The standard InChI is InChI=1S/C6H8ClN3O2/c1-2-10-5(8-4-9-10)3-12-6(7)11/h4H,2-3H2,1H3. The Labute approximate surface area is 74.3 Å². The maximum absolute atomic E-state index is 10.2. The average Bonchev–Trinajstić information content (AvgIpc) is 2.47. The van der Waals surface area contributed by atoms with Crippen LogP contribution >= 0.6 is 11.6 Å². The minimum absolute atomic E-state index is 0.0656. The van der Waals surface area contributed by atoms with Gasteiger partial charge < -0.3 is 4.74 Å². The SMILES string of the molecule is CCn1ncnc1COC(=O)Cl. The Balaban J connectivity index is 2.56. The Morgan fingerprint density at radius 2 is 2.58 bits per heavy atom. The molecule has 0 bridgehead atoms. The van der Waals surface area contributed by atoms with Gasteiger partial charge >= 0.3 is 5.43 Å². The first-order valence-corrected chi connectivity index (χ1v) is 3.80. The van der Waals surface area contributed by atoms with Crippen molar-refractivity contribution >= 4 is 17.0 Å². The number of rotatable bonds is 3. The van der Waals surface area contributed by atoms with Gasteiger partial charge in [0.25, 0.3) is 0 Å². The maximum atomic E-state index is 10.2. The summed E-state index contributed by atoms with van der Waals surface area (Å²) in [6, 6.07) is 0. The van der Waals surface area contributed by atoms with Crippen molar-refractivity contribution in [2.75, 3.05) is 0 Å². The molecule has 0 atom stereocenters. The van der Waals surface area contributed by atoms with Crippen LogP contribution in [0.1, 0.15) is 12.7 Å². The molecule has 0 aliphatic rings. The zero-order valence-electron chi connectivity index (χ0n) is 6.53. The van der Waals surface area contributed by atoms with E-state index in [0.29, 0.717) is 12.4 Å². The number of nitrogens with zero attached hydrogens (tertiary/aromatic N) is 3.